The summed E-state index contributed by atoms with van der Waals surface area (Å²) in [5.41, 5.74) is 9.56. The highest BCUT2D eigenvalue weighted by Gasteiger charge is 2.22. The molecule has 0 amide bonds. The fourth-order valence-electron chi connectivity index (χ4n) is 3.62. The number of imidazole rings is 1. The van der Waals surface area contributed by atoms with Crippen molar-refractivity contribution >= 4 is 28.7 Å². The van der Waals surface area contributed by atoms with Crippen molar-refractivity contribution in [3.63, 3.8) is 0 Å². The zero-order chi connectivity index (χ0) is 23.0. The largest absolute Gasteiger partial charge is 0.472 e. The molecule has 172 valence electrons. The average Bonchev–Trinajstić information content (AvgIpc) is 3.51. The highest BCUT2D eigenvalue weighted by atomic mass is 32.2. The van der Waals surface area contributed by atoms with Gasteiger partial charge in [0.25, 0.3) is 0 Å². The van der Waals surface area contributed by atoms with Crippen LogP contribution in [-0.2, 0) is 6.54 Å². The normalized spacial score (nSPS) is 13.2. The Morgan fingerprint density at radius 1 is 1.18 bits per heavy atom. The Labute approximate surface area is 195 Å². The molecule has 0 fully saturated rings. The van der Waals surface area contributed by atoms with E-state index in [2.05, 4.69) is 40.6 Å². The number of aromatic nitrogens is 4. The molecule has 0 saturated heterocycles. The first-order valence-corrected chi connectivity index (χ1v) is 11.5. The number of fused-ring (bicyclic) bond motifs is 2. The molecule has 0 saturated carbocycles. The Balaban J connectivity index is 1.52. The Hall–Kier alpha value is -3.24. The van der Waals surface area contributed by atoms with Crippen molar-refractivity contribution in [1.29, 1.82) is 0 Å². The van der Waals surface area contributed by atoms with E-state index in [4.69, 9.17) is 24.6 Å². The van der Waals surface area contributed by atoms with E-state index in [1.165, 1.54) is 18.1 Å². The summed E-state index contributed by atoms with van der Waals surface area (Å²) in [7, 11) is 0. The summed E-state index contributed by atoms with van der Waals surface area (Å²) in [6.45, 7) is 9.20. The van der Waals surface area contributed by atoms with Gasteiger partial charge >= 0.3 is 0 Å². The van der Waals surface area contributed by atoms with Gasteiger partial charge in [-0.2, -0.15) is 0 Å². The van der Waals surface area contributed by atoms with Crippen LogP contribution in [0.1, 0.15) is 20.8 Å². The van der Waals surface area contributed by atoms with Crippen LogP contribution in [0.25, 0.3) is 22.3 Å². The first-order valence-electron chi connectivity index (χ1n) is 10.7. The van der Waals surface area contributed by atoms with Crippen LogP contribution in [0.3, 0.4) is 0 Å². The zero-order valence-corrected chi connectivity index (χ0v) is 19.6. The number of nitrogens with two attached hydrogens (primary N) is 1. The van der Waals surface area contributed by atoms with Crippen molar-refractivity contribution in [3.8, 4) is 22.6 Å². The van der Waals surface area contributed by atoms with Gasteiger partial charge < -0.3 is 29.5 Å². The maximum absolute atomic E-state index is 6.12. The Bertz CT molecular complexity index is 1280. The van der Waals surface area contributed by atoms with Crippen LogP contribution in [0.5, 0.6) is 11.5 Å². The van der Waals surface area contributed by atoms with Crippen molar-refractivity contribution in [1.82, 2.24) is 24.8 Å². The summed E-state index contributed by atoms with van der Waals surface area (Å²) >= 11 is 1.53. The van der Waals surface area contributed by atoms with Gasteiger partial charge in [0.05, 0.1) is 12.5 Å². The highest BCUT2D eigenvalue weighted by molar-refractivity contribution is 7.99. The van der Waals surface area contributed by atoms with E-state index in [-0.39, 0.29) is 12.2 Å². The molecular weight excluding hydrogens is 440 g/mol. The lowest BCUT2D eigenvalue weighted by molar-refractivity contribution is 0.174. The van der Waals surface area contributed by atoms with Gasteiger partial charge in [0.15, 0.2) is 33.6 Å². The Kier molecular flexibility index (Phi) is 5.63. The van der Waals surface area contributed by atoms with Crippen LogP contribution in [0.2, 0.25) is 0 Å². The van der Waals surface area contributed by atoms with E-state index in [0.717, 1.165) is 34.3 Å². The number of rotatable bonds is 7. The fourth-order valence-corrected chi connectivity index (χ4v) is 4.69. The van der Waals surface area contributed by atoms with Gasteiger partial charge in [0.1, 0.15) is 6.33 Å². The van der Waals surface area contributed by atoms with Crippen molar-refractivity contribution < 1.29 is 13.9 Å². The van der Waals surface area contributed by atoms with Gasteiger partial charge in [0, 0.05) is 35.7 Å². The van der Waals surface area contributed by atoms with E-state index in [1.807, 2.05) is 18.2 Å². The number of hydrogen-bond acceptors (Lipinski definition) is 9. The molecule has 0 aliphatic carbocycles. The monoisotopic (exact) mass is 466 g/mol. The summed E-state index contributed by atoms with van der Waals surface area (Å²) in [6.07, 6.45) is 4.84. The van der Waals surface area contributed by atoms with Crippen LogP contribution in [-0.4, -0.2) is 39.4 Å². The van der Waals surface area contributed by atoms with Crippen molar-refractivity contribution in [2.45, 2.75) is 37.4 Å². The van der Waals surface area contributed by atoms with Gasteiger partial charge in [0.2, 0.25) is 6.79 Å². The van der Waals surface area contributed by atoms with Crippen molar-refractivity contribution in [2.24, 2.45) is 5.41 Å². The van der Waals surface area contributed by atoms with E-state index in [0.29, 0.717) is 35.0 Å². The molecule has 4 aromatic rings. The second-order valence-electron chi connectivity index (χ2n) is 9.03. The van der Waals surface area contributed by atoms with Crippen LogP contribution in [0, 0.1) is 5.41 Å². The molecule has 0 spiro atoms. The van der Waals surface area contributed by atoms with Crippen LogP contribution >= 0.6 is 11.8 Å². The fraction of sp³-hybridized carbons (Fsp3) is 0.348. The number of nitrogens with zero attached hydrogens (tertiary/aromatic N) is 4. The van der Waals surface area contributed by atoms with Crippen LogP contribution in [0.4, 0.5) is 5.82 Å². The lowest BCUT2D eigenvalue weighted by Crippen LogP contribution is -2.29. The average molecular weight is 467 g/mol. The minimum atomic E-state index is 0.202. The van der Waals surface area contributed by atoms with E-state index in [9.17, 15) is 0 Å². The summed E-state index contributed by atoms with van der Waals surface area (Å²) in [6, 6.07) is 5.87. The molecule has 9 nitrogen and oxygen atoms in total. The number of ether oxygens (including phenoxy) is 2. The number of hydrogen-bond donors (Lipinski definition) is 2. The molecule has 1 aromatic carbocycles. The number of anilines is 1. The Morgan fingerprint density at radius 2 is 2.00 bits per heavy atom. The second kappa shape index (κ2) is 8.60. The lowest BCUT2D eigenvalue weighted by atomic mass is 9.97. The molecule has 3 aromatic heterocycles. The number of nitrogens with one attached hydrogen (secondary N) is 1. The molecular formula is C23H26N6O3S. The van der Waals surface area contributed by atoms with Gasteiger partial charge in [-0.25, -0.2) is 15.0 Å². The molecule has 3 N–H and O–H groups in total. The van der Waals surface area contributed by atoms with Gasteiger partial charge in [-0.1, -0.05) is 32.5 Å². The first kappa shape index (κ1) is 21.6. The van der Waals surface area contributed by atoms with Crippen LogP contribution in [0.15, 0.2) is 51.5 Å². The third-order valence-electron chi connectivity index (χ3n) is 5.20. The minimum absolute atomic E-state index is 0.202. The quantitative estimate of drug-likeness (QED) is 0.387. The standard InChI is InChI=1S/C23H26N6O3S/c1-23(2,3)11-25-5-6-29-21-19(20(24)26-12-27-21)28-22(29)33-18-9-17-16(31-13-32-17)8-15(18)14-4-7-30-10-14/h4,7-10,12,25H,5-6,11,13H2,1-3H3,(H2,24,26,27). The minimum Gasteiger partial charge on any atom is -0.472 e. The van der Waals surface area contributed by atoms with Gasteiger partial charge in [-0.15, -0.1) is 0 Å². The van der Waals surface area contributed by atoms with Gasteiger partial charge in [-0.3, -0.25) is 0 Å². The molecule has 1 aliphatic heterocycles. The molecule has 5 rings (SSSR count). The smallest absolute Gasteiger partial charge is 0.231 e. The van der Waals surface area contributed by atoms with E-state index < -0.39 is 0 Å². The summed E-state index contributed by atoms with van der Waals surface area (Å²) in [5.74, 6) is 1.79. The van der Waals surface area contributed by atoms with E-state index >= 15 is 0 Å². The molecule has 0 atom stereocenters. The van der Waals surface area contributed by atoms with Crippen molar-refractivity contribution in [3.05, 3.63) is 37.1 Å². The number of nitrogen functional groups attached to an aromatic ring is 1. The molecule has 1 aliphatic rings. The lowest BCUT2D eigenvalue weighted by Gasteiger charge is -2.19. The number of benzene rings is 1. The third kappa shape index (κ3) is 4.49. The molecule has 33 heavy (non-hydrogen) atoms. The SMILES string of the molecule is CC(C)(C)CNCCn1c(Sc2cc3c(cc2-c2ccoc2)OCO3)nc2c(N)ncnc21. The molecule has 0 bridgehead atoms. The topological polar surface area (TPSA) is 113 Å². The Morgan fingerprint density at radius 3 is 2.76 bits per heavy atom. The predicted molar refractivity (Wildman–Crippen MR) is 126 cm³/mol. The van der Waals surface area contributed by atoms with Crippen LogP contribution < -0.4 is 20.5 Å². The van der Waals surface area contributed by atoms with Gasteiger partial charge in [-0.05, 0) is 23.6 Å². The predicted octanol–water partition coefficient (Wildman–Crippen LogP) is 4.18. The summed E-state index contributed by atoms with van der Waals surface area (Å²) in [4.78, 5) is 14.4. The molecule has 4 heterocycles. The summed E-state index contributed by atoms with van der Waals surface area (Å²) < 4.78 is 18.6. The van der Waals surface area contributed by atoms with E-state index in [1.54, 1.807) is 12.5 Å². The molecule has 0 radical (unpaired) electrons. The maximum atomic E-state index is 6.12. The second-order valence-corrected chi connectivity index (χ2v) is 10.0. The highest BCUT2D eigenvalue weighted by Crippen LogP contribution is 2.45. The van der Waals surface area contributed by atoms with Crippen molar-refractivity contribution in [2.75, 3.05) is 25.6 Å². The molecule has 10 heteroatoms. The number of furan rings is 1. The third-order valence-corrected chi connectivity index (χ3v) is 6.25. The summed E-state index contributed by atoms with van der Waals surface area (Å²) in [5, 5.41) is 4.30. The zero-order valence-electron chi connectivity index (χ0n) is 18.8. The maximum Gasteiger partial charge on any atom is 0.231 e. The molecule has 0 unspecified atom stereocenters. The first-order chi connectivity index (χ1) is 15.9.